The smallest absolute Gasteiger partial charge is 0.155 e. The number of ketones is 2. The van der Waals surface area contributed by atoms with E-state index in [-0.39, 0.29) is 21.7 Å². The molecular formula is C38H54O4. The van der Waals surface area contributed by atoms with E-state index in [1.165, 1.54) is 11.1 Å². The predicted molar refractivity (Wildman–Crippen MR) is 163 cm³/mol. The van der Waals surface area contributed by atoms with Crippen molar-refractivity contribution in [3.8, 4) is 0 Å². The van der Waals surface area contributed by atoms with Gasteiger partial charge >= 0.3 is 0 Å². The van der Waals surface area contributed by atoms with Crippen molar-refractivity contribution < 1.29 is 19.8 Å². The van der Waals surface area contributed by atoms with Crippen molar-refractivity contribution >= 4 is 11.6 Å². The van der Waals surface area contributed by atoms with Gasteiger partial charge in [0, 0.05) is 23.7 Å². The minimum atomic E-state index is -1.05. The summed E-state index contributed by atoms with van der Waals surface area (Å²) in [7, 11) is 0. The summed E-state index contributed by atoms with van der Waals surface area (Å²) in [5.74, 6) is 3.86. The van der Waals surface area contributed by atoms with Crippen LogP contribution in [0.1, 0.15) is 130 Å². The maximum Gasteiger partial charge on any atom is 0.155 e. The van der Waals surface area contributed by atoms with Gasteiger partial charge in [-0.1, -0.05) is 38.8 Å². The van der Waals surface area contributed by atoms with Gasteiger partial charge in [0.15, 0.2) is 11.6 Å². The molecule has 0 spiro atoms. The van der Waals surface area contributed by atoms with Crippen molar-refractivity contribution in [3.05, 3.63) is 23.3 Å². The van der Waals surface area contributed by atoms with E-state index in [0.29, 0.717) is 59.9 Å². The molecule has 8 aliphatic carbocycles. The monoisotopic (exact) mass is 574 g/mol. The predicted octanol–water partition coefficient (Wildman–Crippen LogP) is 7.51. The number of rotatable bonds is 1. The quantitative estimate of drug-likeness (QED) is 0.340. The first-order chi connectivity index (χ1) is 19.8. The van der Waals surface area contributed by atoms with Crippen molar-refractivity contribution in [1.82, 2.24) is 0 Å². The summed E-state index contributed by atoms with van der Waals surface area (Å²) in [4.78, 5) is 24.6. The Morgan fingerprint density at radius 3 is 1.31 bits per heavy atom. The highest BCUT2D eigenvalue weighted by molar-refractivity contribution is 5.92. The summed E-state index contributed by atoms with van der Waals surface area (Å²) in [6.45, 7) is 9.62. The molecule has 12 atom stereocenters. The molecule has 42 heavy (non-hydrogen) atoms. The van der Waals surface area contributed by atoms with E-state index in [1.807, 2.05) is 12.2 Å². The van der Waals surface area contributed by atoms with Crippen molar-refractivity contribution in [1.29, 1.82) is 0 Å². The first kappa shape index (κ1) is 28.2. The van der Waals surface area contributed by atoms with Gasteiger partial charge in [0.25, 0.3) is 0 Å². The molecule has 4 heteroatoms. The maximum atomic E-state index is 13.1. The van der Waals surface area contributed by atoms with Crippen LogP contribution in [0.15, 0.2) is 23.3 Å². The van der Waals surface area contributed by atoms with Gasteiger partial charge in [0.05, 0.1) is 11.2 Å². The number of aliphatic hydroxyl groups is 2. The fraction of sp³-hybridized carbons (Fsp3) is 0.842. The van der Waals surface area contributed by atoms with Gasteiger partial charge < -0.3 is 10.2 Å². The maximum absolute atomic E-state index is 13.1. The van der Waals surface area contributed by atoms with Crippen molar-refractivity contribution in [2.45, 2.75) is 142 Å². The van der Waals surface area contributed by atoms with E-state index in [1.54, 1.807) is 0 Å². The highest BCUT2D eigenvalue weighted by Crippen LogP contribution is 2.75. The highest BCUT2D eigenvalue weighted by atomic mass is 16.4. The zero-order chi connectivity index (χ0) is 29.5. The van der Waals surface area contributed by atoms with Crippen LogP contribution >= 0.6 is 0 Å². The third kappa shape index (κ3) is 3.18. The summed E-state index contributed by atoms with van der Waals surface area (Å²) in [6, 6.07) is 0. The molecule has 0 saturated heterocycles. The zero-order valence-corrected chi connectivity index (χ0v) is 26.6. The van der Waals surface area contributed by atoms with Crippen LogP contribution in [0.2, 0.25) is 0 Å². The van der Waals surface area contributed by atoms with Crippen LogP contribution in [0.3, 0.4) is 0 Å². The number of fused-ring (bicyclic) bond motifs is 10. The Balaban J connectivity index is 1.10. The van der Waals surface area contributed by atoms with E-state index < -0.39 is 11.2 Å². The first-order valence-corrected chi connectivity index (χ1v) is 17.7. The fourth-order valence-corrected chi connectivity index (χ4v) is 14.5. The Kier molecular flexibility index (Phi) is 5.86. The molecular weight excluding hydrogens is 520 g/mol. The van der Waals surface area contributed by atoms with Crippen LogP contribution in [0.25, 0.3) is 0 Å². The second-order valence-corrected chi connectivity index (χ2v) is 17.6. The van der Waals surface area contributed by atoms with E-state index in [0.717, 1.165) is 89.9 Å². The van der Waals surface area contributed by atoms with Crippen LogP contribution in [0.4, 0.5) is 0 Å². The summed E-state index contributed by atoms with van der Waals surface area (Å²) in [5.41, 5.74) is 0.438. The lowest BCUT2D eigenvalue weighted by Gasteiger charge is -2.64. The van der Waals surface area contributed by atoms with Gasteiger partial charge in [-0.2, -0.15) is 0 Å². The number of hydrogen-bond acceptors (Lipinski definition) is 4. The minimum absolute atomic E-state index is 0.132. The third-order valence-electron chi connectivity index (χ3n) is 16.9. The molecule has 0 aromatic carbocycles. The molecule has 6 fully saturated rings. The minimum Gasteiger partial charge on any atom is -0.386 e. The zero-order valence-electron chi connectivity index (χ0n) is 26.6. The average molecular weight is 575 g/mol. The van der Waals surface area contributed by atoms with Crippen LogP contribution in [-0.4, -0.2) is 33.0 Å². The SMILES string of the molecule is C[C@]12CCC(=O)C=C1CC[C@@H]1[C@@H]2CC[C@@]2(C)[C@H]1CC[C@@]2(O)[C@]1(O)CC[C@H]2[C@H]3CCC4=CC(=O)CC[C@@]4(C)[C@@H]3CC[C@@]21C. The standard InChI is InChI=1S/C38H54O4/c1-33-15-9-25(39)21-23(33)5-7-27-29(33)11-17-35(3)31(27)13-19-37(35,41)38(42)20-14-32-28-8-6-24-22-26(40)10-16-34(24,2)30(28)12-18-36(32,38)4/h21-22,27-32,41-42H,5-20H2,1-4H3/t27-,28+,29+,30-,31-,32-,33+,34-,35-,36-,37-,38-/m0/s1. The van der Waals surface area contributed by atoms with Crippen molar-refractivity contribution in [3.63, 3.8) is 0 Å². The van der Waals surface area contributed by atoms with Crippen LogP contribution < -0.4 is 0 Å². The molecule has 2 N–H and O–H groups in total. The van der Waals surface area contributed by atoms with Gasteiger partial charge in [-0.3, -0.25) is 9.59 Å². The van der Waals surface area contributed by atoms with Gasteiger partial charge in [0.2, 0.25) is 0 Å². The number of carbonyl (C=O) groups excluding carboxylic acids is 2. The number of allylic oxidation sites excluding steroid dienone is 2. The van der Waals surface area contributed by atoms with Crippen molar-refractivity contribution in [2.24, 2.45) is 57.2 Å². The Morgan fingerprint density at radius 1 is 0.524 bits per heavy atom. The molecule has 0 unspecified atom stereocenters. The normalized spacial score (nSPS) is 56.7. The van der Waals surface area contributed by atoms with Gasteiger partial charge in [-0.25, -0.2) is 0 Å². The van der Waals surface area contributed by atoms with Gasteiger partial charge in [-0.05, 0) is 148 Å². The van der Waals surface area contributed by atoms with Crippen LogP contribution in [-0.2, 0) is 9.59 Å². The molecule has 0 aromatic heterocycles. The molecule has 0 radical (unpaired) electrons. The lowest BCUT2D eigenvalue weighted by molar-refractivity contribution is -0.269. The Labute approximate surface area is 253 Å². The summed E-state index contributed by atoms with van der Waals surface area (Å²) >= 11 is 0. The second kappa shape index (κ2) is 8.71. The topological polar surface area (TPSA) is 74.6 Å². The summed E-state index contributed by atoms with van der Waals surface area (Å²) in [6.07, 6.45) is 19.4. The molecule has 0 aromatic rings. The fourth-order valence-electron chi connectivity index (χ4n) is 14.5. The lowest BCUT2D eigenvalue weighted by atomic mass is 9.42. The van der Waals surface area contributed by atoms with E-state index >= 15 is 0 Å². The summed E-state index contributed by atoms with van der Waals surface area (Å²) < 4.78 is 0. The Bertz CT molecular complexity index is 1200. The van der Waals surface area contributed by atoms with E-state index in [9.17, 15) is 19.8 Å². The highest BCUT2D eigenvalue weighted by Gasteiger charge is 2.76. The van der Waals surface area contributed by atoms with Crippen molar-refractivity contribution in [2.75, 3.05) is 0 Å². The Hall–Kier alpha value is -1.26. The molecule has 8 aliphatic rings. The lowest BCUT2D eigenvalue weighted by Crippen LogP contribution is -2.69. The molecule has 6 saturated carbocycles. The van der Waals surface area contributed by atoms with Crippen LogP contribution in [0, 0.1) is 57.2 Å². The largest absolute Gasteiger partial charge is 0.386 e. The molecule has 0 heterocycles. The number of carbonyl (C=O) groups is 2. The molecule has 0 bridgehead atoms. The average Bonchev–Trinajstić information content (AvgIpc) is 3.40. The van der Waals surface area contributed by atoms with Gasteiger partial charge in [0.1, 0.15) is 0 Å². The molecule has 0 aliphatic heterocycles. The summed E-state index contributed by atoms with van der Waals surface area (Å²) in [5, 5.41) is 26.3. The molecule has 0 amide bonds. The Morgan fingerprint density at radius 2 is 0.905 bits per heavy atom. The molecule has 230 valence electrons. The van der Waals surface area contributed by atoms with Crippen LogP contribution in [0.5, 0.6) is 0 Å². The second-order valence-electron chi connectivity index (χ2n) is 17.6. The third-order valence-corrected chi connectivity index (χ3v) is 16.9. The molecule has 4 nitrogen and oxygen atoms in total. The van der Waals surface area contributed by atoms with Gasteiger partial charge in [-0.15, -0.1) is 0 Å². The first-order valence-electron chi connectivity index (χ1n) is 17.7. The molecule has 8 rings (SSSR count). The van der Waals surface area contributed by atoms with E-state index in [4.69, 9.17) is 0 Å². The van der Waals surface area contributed by atoms with E-state index in [2.05, 4.69) is 27.7 Å². The number of hydrogen-bond donors (Lipinski definition) is 2.